The maximum Gasteiger partial charge on any atom is 0.262 e. The van der Waals surface area contributed by atoms with E-state index in [1.807, 2.05) is 31.2 Å². The normalized spacial score (nSPS) is 10.2. The molecule has 0 spiro atoms. The topological polar surface area (TPSA) is 47.6 Å². The van der Waals surface area contributed by atoms with Crippen LogP contribution in [0.2, 0.25) is 0 Å². The summed E-state index contributed by atoms with van der Waals surface area (Å²) in [6.07, 6.45) is 0. The second kappa shape index (κ2) is 7.65. The van der Waals surface area contributed by atoms with Crippen molar-refractivity contribution in [1.29, 1.82) is 0 Å². The van der Waals surface area contributed by atoms with E-state index in [1.54, 1.807) is 19.2 Å². The molecule has 0 aliphatic rings. The smallest absolute Gasteiger partial charge is 0.262 e. The first-order valence-electron chi connectivity index (χ1n) is 6.52. The standard InChI is InChI=1S/C16H15Br2NO3/c1-10-7-11(17)16(12(18)8-10)19-15(20)9-22-14-6-4-3-5-13(14)21-2/h3-8H,9H2,1-2H3,(H,19,20). The first kappa shape index (κ1) is 16.8. The summed E-state index contributed by atoms with van der Waals surface area (Å²) in [6.45, 7) is 1.87. The van der Waals surface area contributed by atoms with E-state index in [4.69, 9.17) is 9.47 Å². The van der Waals surface area contributed by atoms with E-state index >= 15 is 0 Å². The number of carbonyl (C=O) groups excluding carboxylic acids is 1. The molecule has 22 heavy (non-hydrogen) atoms. The third kappa shape index (κ3) is 4.24. The number of methoxy groups -OCH3 is 1. The van der Waals surface area contributed by atoms with Gasteiger partial charge in [-0.3, -0.25) is 4.79 Å². The van der Waals surface area contributed by atoms with Crippen molar-refractivity contribution in [3.63, 3.8) is 0 Å². The first-order valence-corrected chi connectivity index (χ1v) is 8.11. The van der Waals surface area contributed by atoms with Crippen LogP contribution in [0.4, 0.5) is 5.69 Å². The van der Waals surface area contributed by atoms with Gasteiger partial charge in [-0.15, -0.1) is 0 Å². The summed E-state index contributed by atoms with van der Waals surface area (Å²) in [7, 11) is 1.56. The molecule has 0 bridgehead atoms. The molecule has 2 rings (SSSR count). The molecule has 0 atom stereocenters. The highest BCUT2D eigenvalue weighted by molar-refractivity contribution is 9.11. The summed E-state index contributed by atoms with van der Waals surface area (Å²) in [4.78, 5) is 12.1. The average Bonchev–Trinajstić information content (AvgIpc) is 2.49. The Hall–Kier alpha value is -1.53. The third-order valence-electron chi connectivity index (χ3n) is 2.88. The Morgan fingerprint density at radius 2 is 1.73 bits per heavy atom. The number of hydrogen-bond acceptors (Lipinski definition) is 3. The average molecular weight is 429 g/mol. The number of aryl methyl sites for hydroxylation is 1. The molecule has 0 aliphatic carbocycles. The SMILES string of the molecule is COc1ccccc1OCC(=O)Nc1c(Br)cc(C)cc1Br. The number of benzene rings is 2. The summed E-state index contributed by atoms with van der Waals surface area (Å²) in [5.41, 5.74) is 1.77. The van der Waals surface area contributed by atoms with Gasteiger partial charge in [0.25, 0.3) is 5.91 Å². The van der Waals surface area contributed by atoms with Crippen LogP contribution in [0.15, 0.2) is 45.3 Å². The molecule has 0 radical (unpaired) electrons. The van der Waals surface area contributed by atoms with Crippen LogP contribution in [0.1, 0.15) is 5.56 Å². The minimum Gasteiger partial charge on any atom is -0.493 e. The van der Waals surface area contributed by atoms with Gasteiger partial charge in [0.05, 0.1) is 12.8 Å². The number of nitrogens with one attached hydrogen (secondary N) is 1. The van der Waals surface area contributed by atoms with Crippen molar-refractivity contribution in [3.8, 4) is 11.5 Å². The summed E-state index contributed by atoms with van der Waals surface area (Å²) in [6, 6.07) is 11.1. The van der Waals surface area contributed by atoms with Crippen LogP contribution in [0, 0.1) is 6.92 Å². The van der Waals surface area contributed by atoms with E-state index in [0.29, 0.717) is 17.2 Å². The Bertz CT molecular complexity index is 666. The van der Waals surface area contributed by atoms with Gasteiger partial charge < -0.3 is 14.8 Å². The van der Waals surface area contributed by atoms with Crippen LogP contribution in [-0.4, -0.2) is 19.6 Å². The second-order valence-corrected chi connectivity index (χ2v) is 6.30. The predicted molar refractivity (Wildman–Crippen MR) is 93.7 cm³/mol. The molecule has 4 nitrogen and oxygen atoms in total. The Balaban J connectivity index is 2.02. The molecular formula is C16H15Br2NO3. The van der Waals surface area contributed by atoms with Gasteiger partial charge in [-0.05, 0) is 68.6 Å². The molecule has 0 saturated carbocycles. The summed E-state index contributed by atoms with van der Waals surface area (Å²) < 4.78 is 12.3. The monoisotopic (exact) mass is 427 g/mol. The van der Waals surface area contributed by atoms with Crippen molar-refractivity contribution in [2.45, 2.75) is 6.92 Å². The van der Waals surface area contributed by atoms with E-state index in [2.05, 4.69) is 37.2 Å². The molecule has 0 unspecified atom stereocenters. The molecule has 0 saturated heterocycles. The van der Waals surface area contributed by atoms with Crippen LogP contribution in [-0.2, 0) is 4.79 Å². The Morgan fingerprint density at radius 1 is 1.14 bits per heavy atom. The van der Waals surface area contributed by atoms with E-state index in [9.17, 15) is 4.79 Å². The minimum absolute atomic E-state index is 0.104. The third-order valence-corrected chi connectivity index (χ3v) is 4.13. The zero-order valence-corrected chi connectivity index (χ0v) is 15.3. The van der Waals surface area contributed by atoms with Gasteiger partial charge in [0, 0.05) is 8.95 Å². The number of hydrogen-bond donors (Lipinski definition) is 1. The van der Waals surface area contributed by atoms with Gasteiger partial charge >= 0.3 is 0 Å². The number of rotatable bonds is 5. The lowest BCUT2D eigenvalue weighted by molar-refractivity contribution is -0.118. The zero-order valence-electron chi connectivity index (χ0n) is 12.2. The van der Waals surface area contributed by atoms with Crippen molar-refractivity contribution in [2.75, 3.05) is 19.0 Å². The molecular weight excluding hydrogens is 414 g/mol. The van der Waals surface area contributed by atoms with E-state index < -0.39 is 0 Å². The van der Waals surface area contributed by atoms with E-state index in [-0.39, 0.29) is 12.5 Å². The highest BCUT2D eigenvalue weighted by Crippen LogP contribution is 2.32. The molecule has 2 aromatic rings. The predicted octanol–water partition coefficient (Wildman–Crippen LogP) is 4.55. The molecule has 0 aliphatic heterocycles. The van der Waals surface area contributed by atoms with Gasteiger partial charge in [-0.2, -0.15) is 0 Å². The van der Waals surface area contributed by atoms with Crippen molar-refractivity contribution in [2.24, 2.45) is 0 Å². The van der Waals surface area contributed by atoms with Crippen molar-refractivity contribution in [3.05, 3.63) is 50.9 Å². The molecule has 0 aromatic heterocycles. The maximum atomic E-state index is 12.1. The van der Waals surface area contributed by atoms with Gasteiger partial charge in [-0.25, -0.2) is 0 Å². The zero-order chi connectivity index (χ0) is 16.1. The van der Waals surface area contributed by atoms with E-state index in [0.717, 1.165) is 14.5 Å². The Labute approximate surface area is 146 Å². The number of anilines is 1. The van der Waals surface area contributed by atoms with Gasteiger partial charge in [0.1, 0.15) is 0 Å². The molecule has 1 N–H and O–H groups in total. The van der Waals surface area contributed by atoms with Crippen LogP contribution in [0.3, 0.4) is 0 Å². The van der Waals surface area contributed by atoms with Gasteiger partial charge in [0.2, 0.25) is 0 Å². The first-order chi connectivity index (χ1) is 10.5. The molecule has 0 heterocycles. The van der Waals surface area contributed by atoms with Gasteiger partial charge in [-0.1, -0.05) is 12.1 Å². The number of ether oxygens (including phenoxy) is 2. The lowest BCUT2D eigenvalue weighted by Crippen LogP contribution is -2.20. The summed E-state index contributed by atoms with van der Waals surface area (Å²) >= 11 is 6.88. The fourth-order valence-corrected chi connectivity index (χ4v) is 3.49. The lowest BCUT2D eigenvalue weighted by atomic mass is 10.2. The summed E-state index contributed by atoms with van der Waals surface area (Å²) in [5.74, 6) is 0.867. The lowest BCUT2D eigenvalue weighted by Gasteiger charge is -2.12. The van der Waals surface area contributed by atoms with Crippen molar-refractivity contribution < 1.29 is 14.3 Å². The second-order valence-electron chi connectivity index (χ2n) is 4.59. The molecule has 6 heteroatoms. The molecule has 0 fully saturated rings. The number of para-hydroxylation sites is 2. The molecule has 2 aromatic carbocycles. The highest BCUT2D eigenvalue weighted by Gasteiger charge is 2.12. The maximum absolute atomic E-state index is 12.1. The van der Waals surface area contributed by atoms with Crippen LogP contribution < -0.4 is 14.8 Å². The molecule has 1 amide bonds. The van der Waals surface area contributed by atoms with Crippen LogP contribution in [0.5, 0.6) is 11.5 Å². The highest BCUT2D eigenvalue weighted by atomic mass is 79.9. The fourth-order valence-electron chi connectivity index (χ4n) is 1.88. The largest absolute Gasteiger partial charge is 0.493 e. The van der Waals surface area contributed by atoms with E-state index in [1.165, 1.54) is 0 Å². The minimum atomic E-state index is -0.254. The number of amides is 1. The van der Waals surface area contributed by atoms with Crippen LogP contribution in [0.25, 0.3) is 0 Å². The van der Waals surface area contributed by atoms with Crippen LogP contribution >= 0.6 is 31.9 Å². The van der Waals surface area contributed by atoms with Gasteiger partial charge in [0.15, 0.2) is 18.1 Å². The van der Waals surface area contributed by atoms with Crippen molar-refractivity contribution >= 4 is 43.5 Å². The fraction of sp³-hybridized carbons (Fsp3) is 0.188. The van der Waals surface area contributed by atoms with Crippen molar-refractivity contribution in [1.82, 2.24) is 0 Å². The molecule has 116 valence electrons. The number of carbonyl (C=O) groups is 1. The Morgan fingerprint density at radius 3 is 2.32 bits per heavy atom. The Kier molecular flexibility index (Phi) is 5.85. The number of halogens is 2. The quantitative estimate of drug-likeness (QED) is 0.759. The summed E-state index contributed by atoms with van der Waals surface area (Å²) in [5, 5.41) is 2.81.